The third kappa shape index (κ3) is 3.76. The molecular formula is C15H20FN3. The monoisotopic (exact) mass is 261 g/mol. The molecule has 102 valence electrons. The van der Waals surface area contributed by atoms with Crippen molar-refractivity contribution in [3.63, 3.8) is 0 Å². The summed E-state index contributed by atoms with van der Waals surface area (Å²) in [4.78, 5) is 2.31. The highest BCUT2D eigenvalue weighted by Gasteiger charge is 2.19. The summed E-state index contributed by atoms with van der Waals surface area (Å²) >= 11 is 0. The number of rotatable bonds is 4. The van der Waals surface area contributed by atoms with E-state index in [1.165, 1.54) is 12.1 Å². The van der Waals surface area contributed by atoms with Crippen LogP contribution in [0.15, 0.2) is 18.2 Å². The summed E-state index contributed by atoms with van der Waals surface area (Å²) in [6.45, 7) is 3.78. The van der Waals surface area contributed by atoms with Crippen LogP contribution in [0.1, 0.15) is 24.0 Å². The normalized spacial score (nSPS) is 17.3. The molecule has 0 amide bonds. The summed E-state index contributed by atoms with van der Waals surface area (Å²) in [5, 5.41) is 12.3. The van der Waals surface area contributed by atoms with Crippen LogP contribution in [0.25, 0.3) is 0 Å². The summed E-state index contributed by atoms with van der Waals surface area (Å²) < 4.78 is 13.3. The van der Waals surface area contributed by atoms with Gasteiger partial charge in [-0.3, -0.25) is 4.90 Å². The average Bonchev–Trinajstić information content (AvgIpc) is 2.42. The molecule has 0 saturated carbocycles. The highest BCUT2D eigenvalue weighted by molar-refractivity contribution is 5.37. The van der Waals surface area contributed by atoms with Gasteiger partial charge in [0.15, 0.2) is 0 Å². The highest BCUT2D eigenvalue weighted by Crippen LogP contribution is 2.20. The Hall–Kier alpha value is -1.44. The van der Waals surface area contributed by atoms with Crippen LogP contribution < -0.4 is 5.32 Å². The van der Waals surface area contributed by atoms with Crippen LogP contribution in [0.5, 0.6) is 0 Å². The van der Waals surface area contributed by atoms with Crippen LogP contribution in [-0.2, 0) is 6.54 Å². The van der Waals surface area contributed by atoms with Gasteiger partial charge in [0.1, 0.15) is 5.82 Å². The zero-order valence-electron chi connectivity index (χ0n) is 11.3. The first-order valence-corrected chi connectivity index (χ1v) is 6.78. The smallest absolute Gasteiger partial charge is 0.123 e. The van der Waals surface area contributed by atoms with Crippen LogP contribution in [0, 0.1) is 23.1 Å². The minimum Gasteiger partial charge on any atom is -0.319 e. The molecule has 1 saturated heterocycles. The first-order valence-electron chi connectivity index (χ1n) is 6.78. The Kier molecular flexibility index (Phi) is 4.89. The zero-order chi connectivity index (χ0) is 13.7. The molecule has 4 heteroatoms. The Bertz CT molecular complexity index is 459. The molecule has 0 aliphatic carbocycles. The maximum atomic E-state index is 13.3. The van der Waals surface area contributed by atoms with Crippen LogP contribution >= 0.6 is 0 Å². The van der Waals surface area contributed by atoms with E-state index < -0.39 is 0 Å². The van der Waals surface area contributed by atoms with E-state index >= 15 is 0 Å². The van der Waals surface area contributed by atoms with E-state index in [4.69, 9.17) is 5.26 Å². The van der Waals surface area contributed by atoms with Crippen LogP contribution in [-0.4, -0.2) is 31.6 Å². The second-order valence-corrected chi connectivity index (χ2v) is 5.19. The van der Waals surface area contributed by atoms with Gasteiger partial charge in [-0.15, -0.1) is 0 Å². The summed E-state index contributed by atoms with van der Waals surface area (Å²) in [5.41, 5.74) is 1.38. The quantitative estimate of drug-likeness (QED) is 0.902. The third-order valence-electron chi connectivity index (χ3n) is 3.78. The number of nitrogens with zero attached hydrogens (tertiary/aromatic N) is 2. The predicted octanol–water partition coefficient (Wildman–Crippen LogP) is 2.13. The van der Waals surface area contributed by atoms with Gasteiger partial charge in [-0.1, -0.05) is 0 Å². The van der Waals surface area contributed by atoms with Crippen LogP contribution in [0.3, 0.4) is 0 Å². The Balaban J connectivity index is 1.96. The molecule has 1 aliphatic rings. The topological polar surface area (TPSA) is 39.1 Å². The number of hydrogen-bond acceptors (Lipinski definition) is 3. The molecule has 0 atom stereocenters. The molecule has 0 spiro atoms. The van der Waals surface area contributed by atoms with Gasteiger partial charge in [-0.05, 0) is 69.2 Å². The van der Waals surface area contributed by atoms with Gasteiger partial charge in [0, 0.05) is 6.54 Å². The Morgan fingerprint density at radius 3 is 2.79 bits per heavy atom. The lowest BCUT2D eigenvalue weighted by Crippen LogP contribution is -2.36. The molecule has 19 heavy (non-hydrogen) atoms. The van der Waals surface area contributed by atoms with Gasteiger partial charge in [-0.2, -0.15) is 5.26 Å². The van der Waals surface area contributed by atoms with Crippen molar-refractivity contribution in [3.05, 3.63) is 35.1 Å². The van der Waals surface area contributed by atoms with Crippen molar-refractivity contribution in [2.45, 2.75) is 19.4 Å². The Labute approximate surface area is 114 Å². The summed E-state index contributed by atoms with van der Waals surface area (Å²) in [7, 11) is 1.98. The molecule has 0 bridgehead atoms. The molecule has 1 N–H and O–H groups in total. The number of halogens is 1. The number of nitriles is 1. The van der Waals surface area contributed by atoms with Crippen LogP contribution in [0.4, 0.5) is 4.39 Å². The molecule has 0 aromatic heterocycles. The van der Waals surface area contributed by atoms with E-state index in [1.54, 1.807) is 6.07 Å². The van der Waals surface area contributed by atoms with Gasteiger partial charge >= 0.3 is 0 Å². The molecule has 1 aromatic carbocycles. The van der Waals surface area contributed by atoms with Gasteiger partial charge in [0.05, 0.1) is 11.6 Å². The van der Waals surface area contributed by atoms with Gasteiger partial charge in [-0.25, -0.2) is 4.39 Å². The number of benzene rings is 1. The molecule has 3 nitrogen and oxygen atoms in total. The fourth-order valence-corrected chi connectivity index (χ4v) is 2.68. The first kappa shape index (κ1) is 14.0. The van der Waals surface area contributed by atoms with E-state index in [-0.39, 0.29) is 5.82 Å². The van der Waals surface area contributed by atoms with E-state index in [0.29, 0.717) is 12.1 Å². The minimum atomic E-state index is -0.265. The zero-order valence-corrected chi connectivity index (χ0v) is 11.3. The van der Waals surface area contributed by atoms with E-state index in [0.717, 1.165) is 44.0 Å². The molecule has 1 aliphatic heterocycles. The summed E-state index contributed by atoms with van der Waals surface area (Å²) in [5.74, 6) is 0.475. The van der Waals surface area contributed by atoms with Crippen LogP contribution in [0.2, 0.25) is 0 Å². The van der Waals surface area contributed by atoms with E-state index in [2.05, 4.69) is 16.3 Å². The molecule has 0 unspecified atom stereocenters. The maximum Gasteiger partial charge on any atom is 0.123 e. The first-order chi connectivity index (χ1) is 9.22. The standard InChI is InChI=1S/C15H20FN3/c1-18-10-12-4-6-19(7-5-12)11-14-8-15(16)3-2-13(14)9-17/h2-3,8,12,18H,4-7,10-11H2,1H3. The van der Waals surface area contributed by atoms with Gasteiger partial charge < -0.3 is 5.32 Å². The molecule has 2 rings (SSSR count). The van der Waals surface area contributed by atoms with Crippen molar-refractivity contribution in [2.24, 2.45) is 5.92 Å². The summed E-state index contributed by atoms with van der Waals surface area (Å²) in [6, 6.07) is 6.54. The molecular weight excluding hydrogens is 241 g/mol. The number of likely N-dealkylation sites (tertiary alicyclic amines) is 1. The van der Waals surface area contributed by atoms with Crippen molar-refractivity contribution >= 4 is 0 Å². The fourth-order valence-electron chi connectivity index (χ4n) is 2.68. The Morgan fingerprint density at radius 1 is 1.42 bits per heavy atom. The largest absolute Gasteiger partial charge is 0.319 e. The molecule has 1 heterocycles. The fraction of sp³-hybridized carbons (Fsp3) is 0.533. The van der Waals surface area contributed by atoms with Gasteiger partial charge in [0.25, 0.3) is 0 Å². The lowest BCUT2D eigenvalue weighted by atomic mass is 9.96. The maximum absolute atomic E-state index is 13.3. The minimum absolute atomic E-state index is 0.265. The van der Waals surface area contributed by atoms with Crippen molar-refractivity contribution in [1.29, 1.82) is 5.26 Å². The van der Waals surface area contributed by atoms with Crippen molar-refractivity contribution in [2.75, 3.05) is 26.7 Å². The predicted molar refractivity (Wildman–Crippen MR) is 73.0 cm³/mol. The summed E-state index contributed by atoms with van der Waals surface area (Å²) in [6.07, 6.45) is 2.33. The number of hydrogen-bond donors (Lipinski definition) is 1. The second kappa shape index (κ2) is 6.65. The van der Waals surface area contributed by atoms with Gasteiger partial charge in [0.2, 0.25) is 0 Å². The SMILES string of the molecule is CNCC1CCN(Cc2cc(F)ccc2C#N)CC1. The number of nitrogens with one attached hydrogen (secondary N) is 1. The lowest BCUT2D eigenvalue weighted by Gasteiger charge is -2.32. The van der Waals surface area contributed by atoms with E-state index in [1.807, 2.05) is 7.05 Å². The van der Waals surface area contributed by atoms with Crippen molar-refractivity contribution in [3.8, 4) is 6.07 Å². The number of piperidine rings is 1. The third-order valence-corrected chi connectivity index (χ3v) is 3.78. The molecule has 1 fully saturated rings. The average molecular weight is 261 g/mol. The second-order valence-electron chi connectivity index (χ2n) is 5.19. The molecule has 0 radical (unpaired) electrons. The molecule has 1 aromatic rings. The highest BCUT2D eigenvalue weighted by atomic mass is 19.1. The Morgan fingerprint density at radius 2 is 2.16 bits per heavy atom. The van der Waals surface area contributed by atoms with Crippen molar-refractivity contribution < 1.29 is 4.39 Å². The van der Waals surface area contributed by atoms with E-state index in [9.17, 15) is 4.39 Å². The lowest BCUT2D eigenvalue weighted by molar-refractivity contribution is 0.176. The van der Waals surface area contributed by atoms with Crippen molar-refractivity contribution in [1.82, 2.24) is 10.2 Å².